The lowest BCUT2D eigenvalue weighted by molar-refractivity contribution is 0.528. The molecule has 3 heterocycles. The number of nitrogens with zero attached hydrogens (tertiary/aromatic N) is 4. The van der Waals surface area contributed by atoms with Crippen molar-refractivity contribution in [2.45, 2.75) is 24.4 Å². The molecule has 6 nitrogen and oxygen atoms in total. The zero-order valence-corrected chi connectivity index (χ0v) is 19.5. The first kappa shape index (κ1) is 21.4. The summed E-state index contributed by atoms with van der Waals surface area (Å²) in [5.41, 5.74) is 3.87. The zero-order chi connectivity index (χ0) is 22.8. The Bertz CT molecular complexity index is 1480. The molecule has 0 bridgehead atoms. The van der Waals surface area contributed by atoms with Crippen LogP contribution in [0.3, 0.4) is 0 Å². The molecule has 3 aromatic heterocycles. The summed E-state index contributed by atoms with van der Waals surface area (Å²) in [6.45, 7) is 6.21. The van der Waals surface area contributed by atoms with Gasteiger partial charge in [-0.05, 0) is 24.6 Å². The van der Waals surface area contributed by atoms with Crippen LogP contribution in [0.2, 0.25) is 0 Å². The molecule has 0 spiro atoms. The Labute approximate surface area is 198 Å². The summed E-state index contributed by atoms with van der Waals surface area (Å²) < 4.78 is 7.48. The third kappa shape index (κ3) is 4.27. The Kier molecular flexibility index (Phi) is 5.93. The van der Waals surface area contributed by atoms with Gasteiger partial charge in [-0.1, -0.05) is 65.9 Å². The fourth-order valence-electron chi connectivity index (χ4n) is 3.49. The molecule has 8 heteroatoms. The predicted octanol–water partition coefficient (Wildman–Crippen LogP) is 5.96. The highest BCUT2D eigenvalue weighted by molar-refractivity contribution is 7.98. The number of aryl methyl sites for hydroxylation is 1. The second-order valence-corrected chi connectivity index (χ2v) is 9.25. The molecule has 0 N–H and O–H groups in total. The maximum atomic E-state index is 13.4. The van der Waals surface area contributed by atoms with Crippen LogP contribution in [-0.2, 0) is 12.3 Å². The zero-order valence-electron chi connectivity index (χ0n) is 17.9. The predicted molar refractivity (Wildman–Crippen MR) is 134 cm³/mol. The fourth-order valence-corrected chi connectivity index (χ4v) is 5.32. The molecule has 0 unspecified atom stereocenters. The minimum Gasteiger partial charge on any atom is -0.420 e. The number of hydrogen-bond donors (Lipinski definition) is 0. The van der Waals surface area contributed by atoms with Gasteiger partial charge in [0.1, 0.15) is 4.83 Å². The Balaban J connectivity index is 1.46. The number of rotatable bonds is 7. The van der Waals surface area contributed by atoms with E-state index < -0.39 is 0 Å². The van der Waals surface area contributed by atoms with E-state index in [1.165, 1.54) is 28.7 Å². The molecule has 0 aliphatic heterocycles. The Morgan fingerprint density at radius 2 is 1.88 bits per heavy atom. The van der Waals surface area contributed by atoms with E-state index in [0.29, 0.717) is 39.5 Å². The largest absolute Gasteiger partial charge is 0.420 e. The summed E-state index contributed by atoms with van der Waals surface area (Å²) in [6.07, 6.45) is 1.70. The third-order valence-electron chi connectivity index (χ3n) is 5.15. The van der Waals surface area contributed by atoms with Crippen molar-refractivity contribution in [2.75, 3.05) is 0 Å². The number of aromatic nitrogens is 4. The van der Waals surface area contributed by atoms with E-state index in [0.717, 1.165) is 16.7 Å². The lowest BCUT2D eigenvalue weighted by atomic mass is 10.1. The lowest BCUT2D eigenvalue weighted by Crippen LogP contribution is -2.22. The van der Waals surface area contributed by atoms with Gasteiger partial charge in [0.05, 0.1) is 11.1 Å². The molecular weight excluding hydrogens is 452 g/mol. The average Bonchev–Trinajstić information content (AvgIpc) is 3.48. The van der Waals surface area contributed by atoms with E-state index in [1.54, 1.807) is 10.6 Å². The van der Waals surface area contributed by atoms with Crippen LogP contribution in [0.1, 0.15) is 11.5 Å². The van der Waals surface area contributed by atoms with Crippen LogP contribution in [0, 0.1) is 6.92 Å². The second-order valence-electron chi connectivity index (χ2n) is 7.45. The van der Waals surface area contributed by atoms with Crippen LogP contribution >= 0.6 is 23.1 Å². The molecule has 0 aliphatic rings. The van der Waals surface area contributed by atoms with E-state index in [-0.39, 0.29) is 5.56 Å². The number of allylic oxidation sites excluding steroid dienone is 1. The maximum absolute atomic E-state index is 13.4. The Morgan fingerprint density at radius 3 is 2.64 bits per heavy atom. The van der Waals surface area contributed by atoms with Crippen molar-refractivity contribution < 1.29 is 4.42 Å². The van der Waals surface area contributed by atoms with Gasteiger partial charge in [0.2, 0.25) is 11.8 Å². The molecule has 0 fully saturated rings. The first-order valence-corrected chi connectivity index (χ1v) is 12.2. The van der Waals surface area contributed by atoms with Crippen molar-refractivity contribution in [3.63, 3.8) is 0 Å². The van der Waals surface area contributed by atoms with Crippen molar-refractivity contribution in [1.82, 2.24) is 19.7 Å². The number of hydrogen-bond acceptors (Lipinski definition) is 7. The normalized spacial score (nSPS) is 11.2. The first-order chi connectivity index (χ1) is 16.1. The van der Waals surface area contributed by atoms with Crippen LogP contribution in [0.15, 0.2) is 87.0 Å². The van der Waals surface area contributed by atoms with Crippen LogP contribution < -0.4 is 5.56 Å². The first-order valence-electron chi connectivity index (χ1n) is 10.3. The van der Waals surface area contributed by atoms with Gasteiger partial charge in [0.25, 0.3) is 5.56 Å². The molecule has 2 aromatic carbocycles. The summed E-state index contributed by atoms with van der Waals surface area (Å²) in [5, 5.41) is 11.6. The lowest BCUT2D eigenvalue weighted by Gasteiger charge is -2.10. The monoisotopic (exact) mass is 472 g/mol. The number of thioether (sulfide) groups is 1. The smallest absolute Gasteiger partial charge is 0.263 e. The second kappa shape index (κ2) is 9.17. The molecule has 0 saturated carbocycles. The van der Waals surface area contributed by atoms with Gasteiger partial charge < -0.3 is 4.42 Å². The molecule has 5 aromatic rings. The van der Waals surface area contributed by atoms with Gasteiger partial charge in [-0.15, -0.1) is 28.1 Å². The standard InChI is InChI=1S/C25H20N4O2S2/c1-3-13-29-24(30)21-19(17-7-5-4-6-8-17)14-32-23(21)26-25(29)33-15-20-27-28-22(31-20)18-11-9-16(2)10-12-18/h3-12,14H,1,13,15H2,2H3. The van der Waals surface area contributed by atoms with Gasteiger partial charge in [-0.25, -0.2) is 4.98 Å². The SMILES string of the molecule is C=CCn1c(SCc2nnc(-c3ccc(C)cc3)o2)nc2scc(-c3ccccc3)c2c1=O. The van der Waals surface area contributed by atoms with Crippen LogP contribution in [-0.4, -0.2) is 19.7 Å². The average molecular weight is 473 g/mol. The van der Waals surface area contributed by atoms with Gasteiger partial charge >= 0.3 is 0 Å². The Hall–Kier alpha value is -3.49. The van der Waals surface area contributed by atoms with Crippen molar-refractivity contribution in [1.29, 1.82) is 0 Å². The Morgan fingerprint density at radius 1 is 1.09 bits per heavy atom. The van der Waals surface area contributed by atoms with E-state index >= 15 is 0 Å². The number of benzene rings is 2. The molecule has 0 aliphatic carbocycles. The van der Waals surface area contributed by atoms with E-state index in [2.05, 4.69) is 16.8 Å². The quantitative estimate of drug-likeness (QED) is 0.165. The topological polar surface area (TPSA) is 73.8 Å². The molecule has 0 saturated heterocycles. The van der Waals surface area contributed by atoms with E-state index in [4.69, 9.17) is 9.40 Å². The highest BCUT2D eigenvalue weighted by Gasteiger charge is 2.18. The van der Waals surface area contributed by atoms with Crippen LogP contribution in [0.4, 0.5) is 0 Å². The number of thiophene rings is 1. The summed E-state index contributed by atoms with van der Waals surface area (Å²) >= 11 is 2.87. The fraction of sp³-hybridized carbons (Fsp3) is 0.120. The van der Waals surface area contributed by atoms with Gasteiger partial charge in [0, 0.05) is 23.1 Å². The summed E-state index contributed by atoms with van der Waals surface area (Å²) in [4.78, 5) is 19.0. The van der Waals surface area contributed by atoms with Crippen molar-refractivity contribution in [3.05, 3.63) is 94.4 Å². The molecule has 164 valence electrons. The molecule has 33 heavy (non-hydrogen) atoms. The van der Waals surface area contributed by atoms with E-state index in [1.807, 2.05) is 66.9 Å². The minimum atomic E-state index is -0.0756. The van der Waals surface area contributed by atoms with Crippen LogP contribution in [0.25, 0.3) is 32.8 Å². The summed E-state index contributed by atoms with van der Waals surface area (Å²) in [5.74, 6) is 1.36. The van der Waals surface area contributed by atoms with Crippen molar-refractivity contribution in [3.8, 4) is 22.6 Å². The van der Waals surface area contributed by atoms with Gasteiger partial charge in [-0.2, -0.15) is 0 Å². The maximum Gasteiger partial charge on any atom is 0.263 e. The summed E-state index contributed by atoms with van der Waals surface area (Å²) in [7, 11) is 0. The third-order valence-corrected chi connectivity index (χ3v) is 6.98. The van der Waals surface area contributed by atoms with Crippen molar-refractivity contribution in [2.24, 2.45) is 0 Å². The van der Waals surface area contributed by atoms with Gasteiger partial charge in [0.15, 0.2) is 5.16 Å². The summed E-state index contributed by atoms with van der Waals surface area (Å²) in [6, 6.07) is 17.8. The molecule has 5 rings (SSSR count). The highest BCUT2D eigenvalue weighted by atomic mass is 32.2. The molecule has 0 radical (unpaired) electrons. The molecule has 0 amide bonds. The van der Waals surface area contributed by atoms with Gasteiger partial charge in [-0.3, -0.25) is 9.36 Å². The highest BCUT2D eigenvalue weighted by Crippen LogP contribution is 2.32. The van der Waals surface area contributed by atoms with E-state index in [9.17, 15) is 4.79 Å². The molecule has 0 atom stereocenters. The minimum absolute atomic E-state index is 0.0756. The number of fused-ring (bicyclic) bond motifs is 1. The van der Waals surface area contributed by atoms with Crippen molar-refractivity contribution >= 4 is 33.3 Å². The van der Waals surface area contributed by atoms with Crippen LogP contribution in [0.5, 0.6) is 0 Å². The molecular formula is C25H20N4O2S2.